The lowest BCUT2D eigenvalue weighted by molar-refractivity contribution is 0.429. The summed E-state index contributed by atoms with van der Waals surface area (Å²) in [7, 11) is 0. The predicted molar refractivity (Wildman–Crippen MR) is 78.4 cm³/mol. The summed E-state index contributed by atoms with van der Waals surface area (Å²) in [6, 6.07) is 6.98. The molecule has 4 heteroatoms. The first kappa shape index (κ1) is 13.6. The molecule has 0 bridgehead atoms. The third-order valence-electron chi connectivity index (χ3n) is 2.90. The lowest BCUT2D eigenvalue weighted by atomic mass is 10.1. The summed E-state index contributed by atoms with van der Waals surface area (Å²) < 4.78 is 5.17. The molecule has 4 nitrogen and oxygen atoms in total. The van der Waals surface area contributed by atoms with Gasteiger partial charge in [0, 0.05) is 28.7 Å². The Kier molecular flexibility index (Phi) is 3.62. The summed E-state index contributed by atoms with van der Waals surface area (Å²) in [5, 5.41) is 4.36. The molecule has 0 amide bonds. The van der Waals surface area contributed by atoms with Gasteiger partial charge in [-0.1, -0.05) is 0 Å². The van der Waals surface area contributed by atoms with Crippen molar-refractivity contribution < 1.29 is 4.42 Å². The van der Waals surface area contributed by atoms with E-state index in [4.69, 9.17) is 10.2 Å². The fourth-order valence-corrected chi connectivity index (χ4v) is 2.03. The molecule has 0 aliphatic rings. The van der Waals surface area contributed by atoms with Crippen LogP contribution in [0.5, 0.6) is 0 Å². The van der Waals surface area contributed by atoms with Crippen LogP contribution >= 0.6 is 0 Å². The number of benzene rings is 1. The van der Waals surface area contributed by atoms with Crippen molar-refractivity contribution in [1.29, 1.82) is 0 Å². The van der Waals surface area contributed by atoms with Crippen molar-refractivity contribution in [3.05, 3.63) is 40.2 Å². The van der Waals surface area contributed by atoms with Gasteiger partial charge in [0.05, 0.1) is 0 Å². The summed E-state index contributed by atoms with van der Waals surface area (Å²) in [5.74, 6) is 0. The molecular formula is C15H20N2O2. The first-order valence-corrected chi connectivity index (χ1v) is 6.42. The maximum atomic E-state index is 11.5. The molecule has 0 fully saturated rings. The van der Waals surface area contributed by atoms with Gasteiger partial charge in [0.2, 0.25) is 0 Å². The minimum atomic E-state index is -0.330. The molecule has 1 aromatic heterocycles. The Morgan fingerprint density at radius 3 is 2.68 bits per heavy atom. The normalized spacial score (nSPS) is 11.9. The molecule has 0 atom stereocenters. The zero-order valence-electron chi connectivity index (χ0n) is 11.6. The Labute approximate surface area is 112 Å². The van der Waals surface area contributed by atoms with Crippen molar-refractivity contribution in [3.63, 3.8) is 0 Å². The van der Waals surface area contributed by atoms with E-state index in [2.05, 4.69) is 26.1 Å². The second-order valence-corrected chi connectivity index (χ2v) is 5.77. The molecular weight excluding hydrogens is 240 g/mol. The molecule has 0 saturated heterocycles. The average molecular weight is 260 g/mol. The van der Waals surface area contributed by atoms with Crippen LogP contribution in [-0.2, 0) is 6.42 Å². The van der Waals surface area contributed by atoms with Crippen LogP contribution in [0.25, 0.3) is 11.0 Å². The monoisotopic (exact) mass is 260 g/mol. The second kappa shape index (κ2) is 5.05. The number of rotatable bonds is 3. The van der Waals surface area contributed by atoms with Crippen molar-refractivity contribution in [2.24, 2.45) is 0 Å². The van der Waals surface area contributed by atoms with Crippen molar-refractivity contribution in [3.8, 4) is 0 Å². The van der Waals surface area contributed by atoms with E-state index in [1.807, 2.05) is 12.1 Å². The Morgan fingerprint density at radius 1 is 1.26 bits per heavy atom. The van der Waals surface area contributed by atoms with Gasteiger partial charge >= 0.3 is 5.63 Å². The van der Waals surface area contributed by atoms with Crippen molar-refractivity contribution in [1.82, 2.24) is 5.32 Å². The van der Waals surface area contributed by atoms with E-state index in [1.54, 1.807) is 12.1 Å². The number of nitrogens with two attached hydrogens (primary N) is 1. The van der Waals surface area contributed by atoms with Crippen molar-refractivity contribution >= 4 is 16.7 Å². The highest BCUT2D eigenvalue weighted by Gasteiger charge is 2.10. The molecule has 0 aliphatic heterocycles. The molecule has 0 aliphatic carbocycles. The highest BCUT2D eigenvalue weighted by Crippen LogP contribution is 2.20. The van der Waals surface area contributed by atoms with Crippen LogP contribution in [0, 0.1) is 0 Å². The predicted octanol–water partition coefficient (Wildman–Crippen LogP) is 2.31. The van der Waals surface area contributed by atoms with Crippen LogP contribution < -0.4 is 16.7 Å². The number of hydrogen-bond acceptors (Lipinski definition) is 4. The highest BCUT2D eigenvalue weighted by molar-refractivity contribution is 5.83. The third-order valence-corrected chi connectivity index (χ3v) is 2.90. The summed E-state index contributed by atoms with van der Waals surface area (Å²) in [6.45, 7) is 7.16. The minimum absolute atomic E-state index is 0.0691. The van der Waals surface area contributed by atoms with E-state index in [1.165, 1.54) is 0 Å². The van der Waals surface area contributed by atoms with Gasteiger partial charge in [0.15, 0.2) is 0 Å². The topological polar surface area (TPSA) is 68.3 Å². The molecule has 0 radical (unpaired) electrons. The van der Waals surface area contributed by atoms with E-state index < -0.39 is 0 Å². The van der Waals surface area contributed by atoms with Gasteiger partial charge in [-0.3, -0.25) is 0 Å². The van der Waals surface area contributed by atoms with Crippen LogP contribution in [0.1, 0.15) is 26.3 Å². The average Bonchev–Trinajstić information content (AvgIpc) is 2.26. The summed E-state index contributed by atoms with van der Waals surface area (Å²) >= 11 is 0. The number of nitrogen functional groups attached to an aromatic ring is 1. The molecule has 0 unspecified atom stereocenters. The van der Waals surface area contributed by atoms with Gasteiger partial charge in [-0.05, 0) is 51.4 Å². The van der Waals surface area contributed by atoms with Gasteiger partial charge in [0.25, 0.3) is 0 Å². The first-order valence-electron chi connectivity index (χ1n) is 6.42. The standard InChI is InChI=1S/C15H20N2O2/c1-15(2,3)17-7-6-10-8-14(18)19-13-9-11(16)4-5-12(10)13/h4-5,8-9,17H,6-7,16H2,1-3H3. The molecule has 1 heterocycles. The van der Waals surface area contributed by atoms with Crippen LogP contribution in [0.3, 0.4) is 0 Å². The number of anilines is 1. The molecule has 3 N–H and O–H groups in total. The van der Waals surface area contributed by atoms with Gasteiger partial charge in [-0.2, -0.15) is 0 Å². The highest BCUT2D eigenvalue weighted by atomic mass is 16.4. The lowest BCUT2D eigenvalue weighted by Gasteiger charge is -2.20. The maximum absolute atomic E-state index is 11.5. The van der Waals surface area contributed by atoms with Crippen LogP contribution in [0.15, 0.2) is 33.5 Å². The molecule has 1 aromatic carbocycles. The number of nitrogens with one attached hydrogen (secondary N) is 1. The summed E-state index contributed by atoms with van der Waals surface area (Å²) in [6.07, 6.45) is 0.781. The van der Waals surface area contributed by atoms with E-state index >= 15 is 0 Å². The van der Waals surface area contributed by atoms with E-state index in [0.717, 1.165) is 23.9 Å². The third kappa shape index (κ3) is 3.58. The van der Waals surface area contributed by atoms with Gasteiger partial charge < -0.3 is 15.5 Å². The molecule has 19 heavy (non-hydrogen) atoms. The van der Waals surface area contributed by atoms with E-state index in [-0.39, 0.29) is 11.2 Å². The van der Waals surface area contributed by atoms with E-state index in [9.17, 15) is 4.79 Å². The Hall–Kier alpha value is -1.81. The SMILES string of the molecule is CC(C)(C)NCCc1cc(=O)oc2cc(N)ccc12. The van der Waals surface area contributed by atoms with Crippen LogP contribution in [-0.4, -0.2) is 12.1 Å². The van der Waals surface area contributed by atoms with E-state index in [0.29, 0.717) is 11.3 Å². The molecule has 2 aromatic rings. The Bertz CT molecular complexity index is 639. The zero-order chi connectivity index (χ0) is 14.0. The van der Waals surface area contributed by atoms with Crippen molar-refractivity contribution in [2.75, 3.05) is 12.3 Å². The zero-order valence-corrected chi connectivity index (χ0v) is 11.6. The summed E-state index contributed by atoms with van der Waals surface area (Å²) in [5.41, 5.74) is 7.59. The fraction of sp³-hybridized carbons (Fsp3) is 0.400. The lowest BCUT2D eigenvalue weighted by Crippen LogP contribution is -2.37. The smallest absolute Gasteiger partial charge is 0.336 e. The minimum Gasteiger partial charge on any atom is -0.423 e. The largest absolute Gasteiger partial charge is 0.423 e. The second-order valence-electron chi connectivity index (χ2n) is 5.77. The first-order chi connectivity index (χ1) is 8.85. The molecule has 2 rings (SSSR count). The van der Waals surface area contributed by atoms with Gasteiger partial charge in [0.1, 0.15) is 5.58 Å². The Morgan fingerprint density at radius 2 is 2.00 bits per heavy atom. The number of hydrogen-bond donors (Lipinski definition) is 2. The molecule has 102 valence electrons. The maximum Gasteiger partial charge on any atom is 0.336 e. The van der Waals surface area contributed by atoms with Crippen LogP contribution in [0.4, 0.5) is 5.69 Å². The Balaban J connectivity index is 2.30. The van der Waals surface area contributed by atoms with Gasteiger partial charge in [-0.15, -0.1) is 0 Å². The fourth-order valence-electron chi connectivity index (χ4n) is 2.03. The molecule has 0 saturated carbocycles. The van der Waals surface area contributed by atoms with Crippen LogP contribution in [0.2, 0.25) is 0 Å². The summed E-state index contributed by atoms with van der Waals surface area (Å²) in [4.78, 5) is 11.5. The quantitative estimate of drug-likeness (QED) is 0.656. The number of fused-ring (bicyclic) bond motifs is 1. The molecule has 0 spiro atoms. The van der Waals surface area contributed by atoms with Crippen molar-refractivity contribution in [2.45, 2.75) is 32.7 Å². The van der Waals surface area contributed by atoms with Gasteiger partial charge in [-0.25, -0.2) is 4.79 Å².